The molecule has 4 bridgehead atoms. The smallest absolute Gasteiger partial charge is 0.315 e. The molecule has 1 unspecified atom stereocenters. The Morgan fingerprint density at radius 3 is 2.36 bits per heavy atom. The number of urea groups is 1. The first-order valence-corrected chi connectivity index (χ1v) is 10.4. The molecule has 2 aromatic rings. The number of aliphatic hydroxyl groups excluding tert-OH is 1. The first-order chi connectivity index (χ1) is 13.6. The summed E-state index contributed by atoms with van der Waals surface area (Å²) in [4.78, 5) is 12.5. The summed E-state index contributed by atoms with van der Waals surface area (Å²) in [7, 11) is 0. The molecule has 4 saturated carbocycles. The minimum absolute atomic E-state index is 0.00476. The summed E-state index contributed by atoms with van der Waals surface area (Å²) < 4.78 is 1.77. The number of carbonyl (C=O) groups excluding carboxylic acids is 1. The maximum atomic E-state index is 12.5. The maximum absolute atomic E-state index is 12.5. The van der Waals surface area contributed by atoms with E-state index in [1.54, 1.807) is 10.9 Å². The predicted octanol–water partition coefficient (Wildman–Crippen LogP) is 3.17. The number of rotatable bonds is 5. The van der Waals surface area contributed by atoms with Gasteiger partial charge in [-0.05, 0) is 80.0 Å². The van der Waals surface area contributed by atoms with Crippen LogP contribution in [-0.4, -0.2) is 33.0 Å². The monoisotopic (exact) mass is 380 g/mol. The topological polar surface area (TPSA) is 79.2 Å². The fourth-order valence-corrected chi connectivity index (χ4v) is 6.13. The minimum atomic E-state index is -0.728. The molecular weight excluding hydrogens is 352 g/mol. The van der Waals surface area contributed by atoms with Gasteiger partial charge >= 0.3 is 6.03 Å². The van der Waals surface area contributed by atoms with E-state index in [-0.39, 0.29) is 18.1 Å². The molecule has 2 amide bonds. The molecule has 4 fully saturated rings. The van der Waals surface area contributed by atoms with E-state index < -0.39 is 6.10 Å². The van der Waals surface area contributed by atoms with Crippen LogP contribution in [0.25, 0.3) is 5.69 Å². The van der Waals surface area contributed by atoms with Gasteiger partial charge in [0.05, 0.1) is 11.8 Å². The highest BCUT2D eigenvalue weighted by Gasteiger charge is 2.51. The third kappa shape index (κ3) is 3.41. The lowest BCUT2D eigenvalue weighted by Crippen LogP contribution is -2.61. The van der Waals surface area contributed by atoms with Gasteiger partial charge in [-0.15, -0.1) is 0 Å². The predicted molar refractivity (Wildman–Crippen MR) is 106 cm³/mol. The average molecular weight is 380 g/mol. The molecule has 1 heterocycles. The molecule has 4 aliphatic rings. The number of aliphatic hydroxyl groups is 1. The fourth-order valence-electron chi connectivity index (χ4n) is 6.13. The molecular formula is C22H28N4O2. The molecule has 6 rings (SSSR count). The van der Waals surface area contributed by atoms with Gasteiger partial charge in [-0.2, -0.15) is 5.10 Å². The highest BCUT2D eigenvalue weighted by molar-refractivity contribution is 5.75. The fraction of sp³-hybridized carbons (Fsp3) is 0.545. The zero-order chi connectivity index (χ0) is 19.1. The van der Waals surface area contributed by atoms with Gasteiger partial charge in [0.1, 0.15) is 0 Å². The summed E-state index contributed by atoms with van der Waals surface area (Å²) in [5.41, 5.74) is 1.72. The lowest BCUT2D eigenvalue weighted by atomic mass is 9.53. The zero-order valence-electron chi connectivity index (χ0n) is 16.1. The number of amides is 2. The number of carbonyl (C=O) groups is 1. The van der Waals surface area contributed by atoms with Crippen molar-refractivity contribution in [2.75, 3.05) is 6.54 Å². The van der Waals surface area contributed by atoms with E-state index in [1.165, 1.54) is 19.3 Å². The summed E-state index contributed by atoms with van der Waals surface area (Å²) in [6.45, 7) is 0.208. The Bertz CT molecular complexity index is 795. The van der Waals surface area contributed by atoms with E-state index in [0.717, 1.165) is 48.3 Å². The number of hydrogen-bond acceptors (Lipinski definition) is 3. The third-order valence-corrected chi connectivity index (χ3v) is 6.92. The second kappa shape index (κ2) is 6.92. The highest BCUT2D eigenvalue weighted by atomic mass is 16.3. The van der Waals surface area contributed by atoms with Crippen molar-refractivity contribution in [3.63, 3.8) is 0 Å². The van der Waals surface area contributed by atoms with Gasteiger partial charge in [0.25, 0.3) is 0 Å². The molecule has 6 nitrogen and oxygen atoms in total. The van der Waals surface area contributed by atoms with Crippen molar-refractivity contribution in [3.8, 4) is 5.69 Å². The average Bonchev–Trinajstić information content (AvgIpc) is 3.19. The minimum Gasteiger partial charge on any atom is -0.387 e. The van der Waals surface area contributed by atoms with Gasteiger partial charge < -0.3 is 15.7 Å². The summed E-state index contributed by atoms with van der Waals surface area (Å²) in [5, 5.41) is 20.8. The molecule has 0 aliphatic heterocycles. The van der Waals surface area contributed by atoms with Gasteiger partial charge in [0.2, 0.25) is 0 Å². The summed E-state index contributed by atoms with van der Waals surface area (Å²) in [5.74, 6) is 2.39. The number of nitrogens with one attached hydrogen (secondary N) is 2. The normalized spacial score (nSPS) is 31.5. The van der Waals surface area contributed by atoms with E-state index in [4.69, 9.17) is 0 Å². The standard InChI is InChI=1S/C22H28N4O2/c27-20(18-2-4-19(5-3-18)26-7-1-6-24-26)14-23-21(28)25-22-11-15-8-16(12-22)10-17(9-15)13-22/h1-7,15-17,20,27H,8-14H2,(H2,23,25,28). The van der Waals surface area contributed by atoms with E-state index in [2.05, 4.69) is 15.7 Å². The Balaban J connectivity index is 1.15. The van der Waals surface area contributed by atoms with Gasteiger partial charge in [-0.3, -0.25) is 0 Å². The van der Waals surface area contributed by atoms with Crippen molar-refractivity contribution in [3.05, 3.63) is 48.3 Å². The maximum Gasteiger partial charge on any atom is 0.315 e. The van der Waals surface area contributed by atoms with Crippen LogP contribution >= 0.6 is 0 Å². The second-order valence-corrected chi connectivity index (χ2v) is 9.09. The molecule has 6 heteroatoms. The largest absolute Gasteiger partial charge is 0.387 e. The lowest BCUT2D eigenvalue weighted by molar-refractivity contribution is -0.0136. The molecule has 1 atom stereocenters. The molecule has 148 valence electrons. The second-order valence-electron chi connectivity index (χ2n) is 9.09. The van der Waals surface area contributed by atoms with Crippen molar-refractivity contribution in [2.24, 2.45) is 17.8 Å². The van der Waals surface area contributed by atoms with Gasteiger partial charge in [-0.25, -0.2) is 9.48 Å². The number of hydrogen-bond donors (Lipinski definition) is 3. The van der Waals surface area contributed by atoms with E-state index >= 15 is 0 Å². The van der Waals surface area contributed by atoms with Crippen LogP contribution in [0.3, 0.4) is 0 Å². The quantitative estimate of drug-likeness (QED) is 0.745. The molecule has 0 saturated heterocycles. The van der Waals surface area contributed by atoms with Crippen LogP contribution in [0.1, 0.15) is 50.2 Å². The van der Waals surface area contributed by atoms with Gasteiger partial charge in [0.15, 0.2) is 0 Å². The molecule has 1 aromatic carbocycles. The van der Waals surface area contributed by atoms with Crippen molar-refractivity contribution in [1.82, 2.24) is 20.4 Å². The van der Waals surface area contributed by atoms with Crippen molar-refractivity contribution < 1.29 is 9.90 Å². The Labute approximate surface area is 165 Å². The van der Waals surface area contributed by atoms with E-state index in [0.29, 0.717) is 0 Å². The van der Waals surface area contributed by atoms with Crippen molar-refractivity contribution in [2.45, 2.75) is 50.2 Å². The number of aromatic nitrogens is 2. The molecule has 1 aromatic heterocycles. The van der Waals surface area contributed by atoms with Crippen molar-refractivity contribution in [1.29, 1.82) is 0 Å². The molecule has 3 N–H and O–H groups in total. The lowest BCUT2D eigenvalue weighted by Gasteiger charge is -2.56. The SMILES string of the molecule is O=C(NCC(O)c1ccc(-n2cccn2)cc1)NC12CC3CC(CC(C3)C1)C2. The van der Waals surface area contributed by atoms with Gasteiger partial charge in [0, 0.05) is 24.5 Å². The van der Waals surface area contributed by atoms with Crippen LogP contribution in [0, 0.1) is 17.8 Å². The molecule has 28 heavy (non-hydrogen) atoms. The van der Waals surface area contributed by atoms with Crippen LogP contribution in [0.4, 0.5) is 4.79 Å². The summed E-state index contributed by atoms with van der Waals surface area (Å²) >= 11 is 0. The first-order valence-electron chi connectivity index (χ1n) is 10.4. The van der Waals surface area contributed by atoms with Crippen LogP contribution in [0.5, 0.6) is 0 Å². The Hall–Kier alpha value is -2.34. The van der Waals surface area contributed by atoms with Crippen LogP contribution in [-0.2, 0) is 0 Å². The Kier molecular flexibility index (Phi) is 4.38. The third-order valence-electron chi connectivity index (χ3n) is 6.92. The number of nitrogens with zero attached hydrogens (tertiary/aromatic N) is 2. The van der Waals surface area contributed by atoms with Gasteiger partial charge in [-0.1, -0.05) is 12.1 Å². The Morgan fingerprint density at radius 2 is 1.79 bits per heavy atom. The zero-order valence-corrected chi connectivity index (χ0v) is 16.1. The summed E-state index contributed by atoms with van der Waals surface area (Å²) in [6, 6.07) is 9.31. The van der Waals surface area contributed by atoms with Crippen LogP contribution < -0.4 is 10.6 Å². The molecule has 0 spiro atoms. The van der Waals surface area contributed by atoms with E-state index in [9.17, 15) is 9.90 Å². The number of benzene rings is 1. The van der Waals surface area contributed by atoms with Crippen molar-refractivity contribution >= 4 is 6.03 Å². The molecule has 0 radical (unpaired) electrons. The summed E-state index contributed by atoms with van der Waals surface area (Å²) in [6.07, 6.45) is 10.3. The molecule has 4 aliphatic carbocycles. The van der Waals surface area contributed by atoms with E-state index in [1.807, 2.05) is 36.5 Å². The van der Waals surface area contributed by atoms with Crippen LogP contribution in [0.15, 0.2) is 42.7 Å². The first kappa shape index (κ1) is 17.7. The highest BCUT2D eigenvalue weighted by Crippen LogP contribution is 2.55. The van der Waals surface area contributed by atoms with Crippen LogP contribution in [0.2, 0.25) is 0 Å². The Morgan fingerprint density at radius 1 is 1.14 bits per heavy atom.